The van der Waals surface area contributed by atoms with E-state index in [9.17, 15) is 22.8 Å². The maximum absolute atomic E-state index is 12.5. The number of halogens is 3. The lowest BCUT2D eigenvalue weighted by atomic mass is 10.0. The molecular weight excluding hydrogens is 291 g/mol. The second-order valence-electron chi connectivity index (χ2n) is 4.49. The Morgan fingerprint density at radius 2 is 1.52 bits per heavy atom. The first-order valence-electron chi connectivity index (χ1n) is 5.96. The average molecular weight is 305 g/mol. The van der Waals surface area contributed by atoms with Gasteiger partial charge in [-0.2, -0.15) is 13.2 Å². The first-order valence-corrected chi connectivity index (χ1v) is 5.96. The quantitative estimate of drug-likeness (QED) is 0.843. The summed E-state index contributed by atoms with van der Waals surface area (Å²) in [6.45, 7) is 0.497. The van der Waals surface area contributed by atoms with Crippen molar-refractivity contribution in [3.8, 4) is 0 Å². The number of nitrogens with zero attached hydrogens (tertiary/aromatic N) is 1. The number of alkyl halides is 3. The summed E-state index contributed by atoms with van der Waals surface area (Å²) < 4.78 is 37.4. The van der Waals surface area contributed by atoms with Crippen LogP contribution in [0.15, 0.2) is 24.3 Å². The average Bonchev–Trinajstić information content (AvgIpc) is 2.35. The molecule has 0 aromatic heterocycles. The summed E-state index contributed by atoms with van der Waals surface area (Å²) in [6, 6.07) is 3.55. The van der Waals surface area contributed by atoms with Gasteiger partial charge in [0.15, 0.2) is 0 Å². The van der Waals surface area contributed by atoms with Crippen molar-refractivity contribution in [1.82, 2.24) is 4.90 Å². The Kier molecular flexibility index (Phi) is 5.31. The van der Waals surface area contributed by atoms with Crippen molar-refractivity contribution >= 4 is 11.9 Å². The zero-order valence-corrected chi connectivity index (χ0v) is 11.1. The molecule has 1 rings (SSSR count). The third kappa shape index (κ3) is 5.07. The highest BCUT2D eigenvalue weighted by atomic mass is 19.4. The molecule has 5 nitrogen and oxygen atoms in total. The van der Waals surface area contributed by atoms with Gasteiger partial charge in [0.1, 0.15) is 0 Å². The summed E-state index contributed by atoms with van der Waals surface area (Å²) >= 11 is 0. The topological polar surface area (TPSA) is 77.8 Å². The predicted octanol–water partition coefficient (Wildman–Crippen LogP) is 2.24. The van der Waals surface area contributed by atoms with Crippen molar-refractivity contribution in [2.45, 2.75) is 19.1 Å². The fourth-order valence-corrected chi connectivity index (χ4v) is 1.84. The number of carbonyl (C=O) groups is 2. The molecule has 1 atom stereocenters. The van der Waals surface area contributed by atoms with Gasteiger partial charge in [0.05, 0.1) is 18.7 Å². The molecule has 1 aromatic carbocycles. The van der Waals surface area contributed by atoms with E-state index in [2.05, 4.69) is 0 Å². The Hall–Kier alpha value is -2.09. The molecular formula is C13H14F3NO4. The molecule has 116 valence electrons. The number of hydrogen-bond acceptors (Lipinski definition) is 3. The Balaban J connectivity index is 2.95. The molecule has 0 bridgehead atoms. The first-order chi connectivity index (χ1) is 9.61. The summed E-state index contributed by atoms with van der Waals surface area (Å²) in [6.07, 6.45) is -4.45. The van der Waals surface area contributed by atoms with Crippen LogP contribution in [-0.2, 0) is 15.8 Å². The van der Waals surface area contributed by atoms with E-state index in [4.69, 9.17) is 10.2 Å². The molecule has 0 spiro atoms. The summed E-state index contributed by atoms with van der Waals surface area (Å²) in [4.78, 5) is 22.6. The van der Waals surface area contributed by atoms with E-state index >= 15 is 0 Å². The van der Waals surface area contributed by atoms with Gasteiger partial charge in [0.25, 0.3) is 0 Å². The minimum absolute atomic E-state index is 0.408. The van der Waals surface area contributed by atoms with Gasteiger partial charge in [0.2, 0.25) is 0 Å². The lowest BCUT2D eigenvalue weighted by Crippen LogP contribution is -2.36. The van der Waals surface area contributed by atoms with Gasteiger partial charge in [0, 0.05) is 6.04 Å². The Morgan fingerprint density at radius 3 is 1.86 bits per heavy atom. The number of carboxylic acids is 2. The molecule has 0 saturated heterocycles. The van der Waals surface area contributed by atoms with E-state index < -0.39 is 42.8 Å². The number of carboxylic acid groups (broad SMARTS) is 2. The third-order valence-electron chi connectivity index (χ3n) is 2.94. The van der Waals surface area contributed by atoms with Crippen molar-refractivity contribution in [2.75, 3.05) is 13.1 Å². The summed E-state index contributed by atoms with van der Waals surface area (Å²) in [5.74, 6) is -2.43. The van der Waals surface area contributed by atoms with Gasteiger partial charge in [-0.1, -0.05) is 12.1 Å². The number of aliphatic carboxylic acids is 2. The van der Waals surface area contributed by atoms with Crippen LogP contribution in [0.25, 0.3) is 0 Å². The highest BCUT2D eigenvalue weighted by Crippen LogP contribution is 2.30. The van der Waals surface area contributed by atoms with Gasteiger partial charge < -0.3 is 10.2 Å². The SMILES string of the molecule is CC(c1ccc(C(F)(F)F)cc1)N(CC(=O)O)CC(=O)O. The normalized spacial score (nSPS) is 13.2. The number of benzene rings is 1. The minimum Gasteiger partial charge on any atom is -0.480 e. The second-order valence-corrected chi connectivity index (χ2v) is 4.49. The van der Waals surface area contributed by atoms with Gasteiger partial charge in [-0.15, -0.1) is 0 Å². The molecule has 2 N–H and O–H groups in total. The molecule has 0 aliphatic heterocycles. The molecule has 0 heterocycles. The van der Waals surface area contributed by atoms with Gasteiger partial charge in [-0.25, -0.2) is 0 Å². The van der Waals surface area contributed by atoms with Crippen LogP contribution in [0.3, 0.4) is 0 Å². The Bertz CT molecular complexity index is 497. The van der Waals surface area contributed by atoms with Crippen LogP contribution in [0.4, 0.5) is 13.2 Å². The predicted molar refractivity (Wildman–Crippen MR) is 66.7 cm³/mol. The van der Waals surface area contributed by atoms with Crippen molar-refractivity contribution < 1.29 is 33.0 Å². The highest BCUT2D eigenvalue weighted by molar-refractivity contribution is 5.72. The van der Waals surface area contributed by atoms with E-state index in [1.54, 1.807) is 0 Å². The van der Waals surface area contributed by atoms with E-state index in [-0.39, 0.29) is 0 Å². The van der Waals surface area contributed by atoms with Crippen LogP contribution in [0.1, 0.15) is 24.1 Å². The standard InChI is InChI=1S/C13H14F3NO4/c1-8(17(6-11(18)19)7-12(20)21)9-2-4-10(5-3-9)13(14,15)16/h2-5,8H,6-7H2,1H3,(H,18,19)(H,20,21). The molecule has 0 amide bonds. The van der Waals surface area contributed by atoms with E-state index in [1.165, 1.54) is 19.1 Å². The van der Waals surface area contributed by atoms with Crippen LogP contribution < -0.4 is 0 Å². The highest BCUT2D eigenvalue weighted by Gasteiger charge is 2.30. The van der Waals surface area contributed by atoms with Crippen LogP contribution in [0.2, 0.25) is 0 Å². The third-order valence-corrected chi connectivity index (χ3v) is 2.94. The van der Waals surface area contributed by atoms with Crippen molar-refractivity contribution in [3.05, 3.63) is 35.4 Å². The van der Waals surface area contributed by atoms with Gasteiger partial charge >= 0.3 is 18.1 Å². The molecule has 0 radical (unpaired) electrons. The largest absolute Gasteiger partial charge is 0.480 e. The maximum Gasteiger partial charge on any atom is 0.416 e. The van der Waals surface area contributed by atoms with Crippen LogP contribution >= 0.6 is 0 Å². The van der Waals surface area contributed by atoms with Crippen LogP contribution in [0.5, 0.6) is 0 Å². The van der Waals surface area contributed by atoms with Crippen molar-refractivity contribution in [2.24, 2.45) is 0 Å². The maximum atomic E-state index is 12.5. The molecule has 1 aromatic rings. The fourth-order valence-electron chi connectivity index (χ4n) is 1.84. The van der Waals surface area contributed by atoms with Gasteiger partial charge in [-0.3, -0.25) is 14.5 Å². The molecule has 0 aliphatic rings. The monoisotopic (exact) mass is 305 g/mol. The van der Waals surface area contributed by atoms with E-state index in [0.29, 0.717) is 5.56 Å². The lowest BCUT2D eigenvalue weighted by Gasteiger charge is -2.26. The molecule has 0 saturated carbocycles. The molecule has 8 heteroatoms. The Labute approximate surface area is 118 Å². The van der Waals surface area contributed by atoms with Crippen LogP contribution in [-0.4, -0.2) is 40.1 Å². The van der Waals surface area contributed by atoms with Crippen molar-refractivity contribution in [3.63, 3.8) is 0 Å². The zero-order chi connectivity index (χ0) is 16.2. The van der Waals surface area contributed by atoms with Crippen LogP contribution in [0, 0.1) is 0 Å². The molecule has 0 aliphatic carbocycles. The fraction of sp³-hybridized carbons (Fsp3) is 0.385. The lowest BCUT2D eigenvalue weighted by molar-refractivity contribution is -0.142. The summed E-state index contributed by atoms with van der Waals surface area (Å²) in [7, 11) is 0. The first kappa shape index (κ1) is 17.0. The smallest absolute Gasteiger partial charge is 0.416 e. The molecule has 0 fully saturated rings. The number of hydrogen-bond donors (Lipinski definition) is 2. The van der Waals surface area contributed by atoms with Gasteiger partial charge in [-0.05, 0) is 24.6 Å². The minimum atomic E-state index is -4.45. The van der Waals surface area contributed by atoms with E-state index in [0.717, 1.165) is 17.0 Å². The molecule has 1 unspecified atom stereocenters. The second kappa shape index (κ2) is 6.57. The van der Waals surface area contributed by atoms with E-state index in [1.807, 2.05) is 0 Å². The zero-order valence-electron chi connectivity index (χ0n) is 11.1. The van der Waals surface area contributed by atoms with Crippen molar-refractivity contribution in [1.29, 1.82) is 0 Å². The number of rotatable bonds is 6. The molecule has 21 heavy (non-hydrogen) atoms. The Morgan fingerprint density at radius 1 is 1.10 bits per heavy atom. The summed E-state index contributed by atoms with van der Waals surface area (Å²) in [5, 5.41) is 17.5. The summed E-state index contributed by atoms with van der Waals surface area (Å²) in [5.41, 5.74) is -0.410.